The number of nitrogens with one attached hydrogen (secondary N) is 2. The lowest BCUT2D eigenvalue weighted by atomic mass is 9.98. The minimum atomic E-state index is -0.893. The number of carbonyl (C=O) groups is 3. The quantitative estimate of drug-likeness (QED) is 0.358. The van der Waals surface area contributed by atoms with Crippen molar-refractivity contribution in [2.45, 2.75) is 30.8 Å². The first-order valence-electron chi connectivity index (χ1n) is 12.2. The maximum Gasteiger partial charge on any atom is 0.407 e. The number of benzene rings is 3. The minimum Gasteiger partial charge on any atom is -0.449 e. The van der Waals surface area contributed by atoms with Crippen molar-refractivity contribution in [2.24, 2.45) is 5.73 Å². The van der Waals surface area contributed by atoms with Gasteiger partial charge in [-0.05, 0) is 46.2 Å². The second-order valence-electron chi connectivity index (χ2n) is 8.96. The molecule has 1 unspecified atom stereocenters. The molecule has 0 saturated heterocycles. The standard InChI is InChI=1S/C29H31N3O4S/c1-37-16-15-25(28(34)31-26(27(30)33)17-19-9-3-2-4-10-19)32-29(35)36-18-24-22-13-7-5-11-20(22)21-12-6-8-14-23(21)24/h2-14,24-26H,15-18H2,1H3,(H2,30,33)(H,31,34)(H,32,35)/t25-,26?/m0/s1. The molecule has 4 rings (SSSR count). The Morgan fingerprint density at radius 1 is 0.865 bits per heavy atom. The lowest BCUT2D eigenvalue weighted by Crippen LogP contribution is -2.53. The van der Waals surface area contributed by atoms with Gasteiger partial charge in [0.15, 0.2) is 0 Å². The average molecular weight is 518 g/mol. The lowest BCUT2D eigenvalue weighted by Gasteiger charge is -2.22. The largest absolute Gasteiger partial charge is 0.449 e. The maximum atomic E-state index is 13.1. The highest BCUT2D eigenvalue weighted by atomic mass is 32.2. The molecule has 8 heteroatoms. The molecule has 1 aliphatic carbocycles. The van der Waals surface area contributed by atoms with Crippen LogP contribution in [0.25, 0.3) is 11.1 Å². The van der Waals surface area contributed by atoms with Gasteiger partial charge in [0.2, 0.25) is 11.8 Å². The third-order valence-electron chi connectivity index (χ3n) is 6.51. The fourth-order valence-electron chi connectivity index (χ4n) is 4.63. The van der Waals surface area contributed by atoms with Crippen molar-refractivity contribution in [3.8, 4) is 11.1 Å². The molecular formula is C29H31N3O4S. The molecule has 0 bridgehead atoms. The molecule has 7 nitrogen and oxygen atoms in total. The van der Waals surface area contributed by atoms with Crippen molar-refractivity contribution in [3.05, 3.63) is 95.6 Å². The smallest absolute Gasteiger partial charge is 0.407 e. The Kier molecular flexibility index (Phi) is 8.85. The van der Waals surface area contributed by atoms with Crippen molar-refractivity contribution < 1.29 is 19.1 Å². The molecule has 1 aliphatic rings. The van der Waals surface area contributed by atoms with Crippen molar-refractivity contribution in [1.82, 2.24) is 10.6 Å². The van der Waals surface area contributed by atoms with Gasteiger partial charge < -0.3 is 21.1 Å². The summed E-state index contributed by atoms with van der Waals surface area (Å²) in [5, 5.41) is 5.40. The number of carbonyl (C=O) groups excluding carboxylic acids is 3. The third-order valence-corrected chi connectivity index (χ3v) is 7.15. The highest BCUT2D eigenvalue weighted by Crippen LogP contribution is 2.44. The van der Waals surface area contributed by atoms with E-state index >= 15 is 0 Å². The molecule has 0 saturated carbocycles. The van der Waals surface area contributed by atoms with E-state index in [1.165, 1.54) is 0 Å². The highest BCUT2D eigenvalue weighted by Gasteiger charge is 2.30. The molecular weight excluding hydrogens is 486 g/mol. The van der Waals surface area contributed by atoms with Gasteiger partial charge in [-0.25, -0.2) is 4.79 Å². The fourth-order valence-corrected chi connectivity index (χ4v) is 5.10. The zero-order valence-electron chi connectivity index (χ0n) is 20.7. The van der Waals surface area contributed by atoms with Crippen LogP contribution in [0.2, 0.25) is 0 Å². The summed E-state index contributed by atoms with van der Waals surface area (Å²) in [5.74, 6) is -0.548. The number of primary amides is 1. The van der Waals surface area contributed by atoms with E-state index in [1.807, 2.05) is 73.0 Å². The zero-order chi connectivity index (χ0) is 26.2. The monoisotopic (exact) mass is 517 g/mol. The third kappa shape index (κ3) is 6.51. The van der Waals surface area contributed by atoms with Crippen LogP contribution in [0, 0.1) is 0 Å². The van der Waals surface area contributed by atoms with Gasteiger partial charge >= 0.3 is 6.09 Å². The fraction of sp³-hybridized carbons (Fsp3) is 0.276. The van der Waals surface area contributed by atoms with E-state index in [0.717, 1.165) is 27.8 Å². The van der Waals surface area contributed by atoms with E-state index < -0.39 is 30.0 Å². The number of hydrogen-bond donors (Lipinski definition) is 3. The molecule has 2 atom stereocenters. The normalized spacial score (nSPS) is 13.6. The Labute approximate surface area is 221 Å². The molecule has 0 aromatic heterocycles. The van der Waals surface area contributed by atoms with E-state index in [2.05, 4.69) is 22.8 Å². The van der Waals surface area contributed by atoms with Crippen molar-refractivity contribution >= 4 is 29.7 Å². The Hall–Kier alpha value is -3.78. The van der Waals surface area contributed by atoms with Crippen LogP contribution in [0.5, 0.6) is 0 Å². The summed E-state index contributed by atoms with van der Waals surface area (Å²) in [4.78, 5) is 37.9. The van der Waals surface area contributed by atoms with Gasteiger partial charge in [-0.3, -0.25) is 9.59 Å². The number of nitrogens with two attached hydrogens (primary N) is 1. The highest BCUT2D eigenvalue weighted by molar-refractivity contribution is 7.98. The molecule has 3 amide bonds. The Morgan fingerprint density at radius 2 is 1.46 bits per heavy atom. The van der Waals surface area contributed by atoms with E-state index in [4.69, 9.17) is 10.5 Å². The summed E-state index contributed by atoms with van der Waals surface area (Å²) in [6.07, 6.45) is 1.89. The minimum absolute atomic E-state index is 0.0817. The van der Waals surface area contributed by atoms with Gasteiger partial charge in [-0.2, -0.15) is 11.8 Å². The van der Waals surface area contributed by atoms with E-state index in [0.29, 0.717) is 12.2 Å². The summed E-state index contributed by atoms with van der Waals surface area (Å²) in [5.41, 5.74) is 10.9. The van der Waals surface area contributed by atoms with Crippen LogP contribution in [-0.4, -0.2) is 48.6 Å². The first kappa shape index (κ1) is 26.3. The second-order valence-corrected chi connectivity index (χ2v) is 9.94. The zero-order valence-corrected chi connectivity index (χ0v) is 21.5. The average Bonchev–Trinajstić information content (AvgIpc) is 3.23. The summed E-state index contributed by atoms with van der Waals surface area (Å²) in [6, 6.07) is 23.7. The lowest BCUT2D eigenvalue weighted by molar-refractivity contribution is -0.128. The molecule has 4 N–H and O–H groups in total. The topological polar surface area (TPSA) is 111 Å². The van der Waals surface area contributed by atoms with Crippen LogP contribution in [0.1, 0.15) is 29.0 Å². The summed E-state index contributed by atoms with van der Waals surface area (Å²) in [7, 11) is 0. The number of rotatable bonds is 11. The van der Waals surface area contributed by atoms with Gasteiger partial charge in [-0.1, -0.05) is 78.9 Å². The van der Waals surface area contributed by atoms with Gasteiger partial charge in [0, 0.05) is 12.3 Å². The number of amides is 3. The molecule has 0 radical (unpaired) electrons. The molecule has 192 valence electrons. The molecule has 0 fully saturated rings. The summed E-state index contributed by atoms with van der Waals surface area (Å²) < 4.78 is 5.62. The number of ether oxygens (including phenoxy) is 1. The van der Waals surface area contributed by atoms with Crippen molar-refractivity contribution in [1.29, 1.82) is 0 Å². The van der Waals surface area contributed by atoms with Crippen LogP contribution in [0.15, 0.2) is 78.9 Å². The molecule has 3 aromatic carbocycles. The first-order valence-corrected chi connectivity index (χ1v) is 13.6. The summed E-state index contributed by atoms with van der Waals surface area (Å²) >= 11 is 1.56. The molecule has 37 heavy (non-hydrogen) atoms. The van der Waals surface area contributed by atoms with Gasteiger partial charge in [-0.15, -0.1) is 0 Å². The number of alkyl carbamates (subject to hydrolysis) is 1. The number of hydrogen-bond acceptors (Lipinski definition) is 5. The summed E-state index contributed by atoms with van der Waals surface area (Å²) in [6.45, 7) is 0.147. The predicted octanol–water partition coefficient (Wildman–Crippen LogP) is 3.86. The van der Waals surface area contributed by atoms with E-state index in [-0.39, 0.29) is 18.9 Å². The van der Waals surface area contributed by atoms with Gasteiger partial charge in [0.25, 0.3) is 0 Å². The van der Waals surface area contributed by atoms with Crippen LogP contribution >= 0.6 is 11.8 Å². The van der Waals surface area contributed by atoms with Gasteiger partial charge in [0.1, 0.15) is 18.7 Å². The van der Waals surface area contributed by atoms with E-state index in [1.54, 1.807) is 11.8 Å². The number of thioether (sulfide) groups is 1. The van der Waals surface area contributed by atoms with E-state index in [9.17, 15) is 14.4 Å². The van der Waals surface area contributed by atoms with Crippen molar-refractivity contribution in [2.75, 3.05) is 18.6 Å². The van der Waals surface area contributed by atoms with Gasteiger partial charge in [0.05, 0.1) is 0 Å². The predicted molar refractivity (Wildman–Crippen MR) is 146 cm³/mol. The Bertz CT molecular complexity index is 1210. The van der Waals surface area contributed by atoms with Crippen LogP contribution in [0.3, 0.4) is 0 Å². The first-order chi connectivity index (χ1) is 18.0. The molecule has 0 heterocycles. The Morgan fingerprint density at radius 3 is 2.05 bits per heavy atom. The number of fused-ring (bicyclic) bond motifs is 3. The van der Waals surface area contributed by atoms with Crippen molar-refractivity contribution in [3.63, 3.8) is 0 Å². The second kappa shape index (κ2) is 12.5. The molecule has 0 spiro atoms. The molecule has 3 aromatic rings. The molecule has 0 aliphatic heterocycles. The maximum absolute atomic E-state index is 13.1. The van der Waals surface area contributed by atoms with Crippen LogP contribution < -0.4 is 16.4 Å². The van der Waals surface area contributed by atoms with Crippen LogP contribution in [0.4, 0.5) is 4.79 Å². The van der Waals surface area contributed by atoms with Crippen LogP contribution in [-0.2, 0) is 20.7 Å². The SMILES string of the molecule is CSCC[C@H](NC(=O)OCC1c2ccccc2-c2ccccc21)C(=O)NC(Cc1ccccc1)C(N)=O. The Balaban J connectivity index is 1.40.